The van der Waals surface area contributed by atoms with Crippen molar-refractivity contribution in [3.63, 3.8) is 0 Å². The predicted octanol–water partition coefficient (Wildman–Crippen LogP) is 2.66. The SMILES string of the molecule is CCCN1CCCCC[C@H]1C. The minimum atomic E-state index is 0.845. The molecule has 1 fully saturated rings. The number of hydrogen-bond donors (Lipinski definition) is 0. The molecule has 1 aliphatic heterocycles. The molecule has 1 aliphatic rings. The van der Waals surface area contributed by atoms with Crippen molar-refractivity contribution in [2.45, 2.75) is 52.0 Å². The van der Waals surface area contributed by atoms with Crippen LogP contribution in [0, 0.1) is 0 Å². The van der Waals surface area contributed by atoms with Crippen LogP contribution >= 0.6 is 0 Å². The third-order valence-corrected chi connectivity index (χ3v) is 2.70. The summed E-state index contributed by atoms with van der Waals surface area (Å²) in [6, 6.07) is 0.845. The zero-order valence-electron chi connectivity index (χ0n) is 7.97. The third kappa shape index (κ3) is 2.82. The first-order chi connectivity index (χ1) is 5.34. The maximum absolute atomic E-state index is 2.65. The van der Waals surface area contributed by atoms with Crippen molar-refractivity contribution in [2.75, 3.05) is 13.1 Å². The monoisotopic (exact) mass is 155 g/mol. The van der Waals surface area contributed by atoms with Gasteiger partial charge in [0.1, 0.15) is 0 Å². The Balaban J connectivity index is 2.32. The highest BCUT2D eigenvalue weighted by Crippen LogP contribution is 2.15. The Morgan fingerprint density at radius 1 is 1.27 bits per heavy atom. The molecule has 11 heavy (non-hydrogen) atoms. The van der Waals surface area contributed by atoms with E-state index in [1.165, 1.54) is 45.2 Å². The van der Waals surface area contributed by atoms with Gasteiger partial charge in [-0.15, -0.1) is 0 Å². The first-order valence-electron chi connectivity index (χ1n) is 5.08. The van der Waals surface area contributed by atoms with Gasteiger partial charge in [0.25, 0.3) is 0 Å². The van der Waals surface area contributed by atoms with Crippen molar-refractivity contribution >= 4 is 0 Å². The normalized spacial score (nSPS) is 28.4. The van der Waals surface area contributed by atoms with Crippen LogP contribution in [0.3, 0.4) is 0 Å². The minimum absolute atomic E-state index is 0.845. The average Bonchev–Trinajstić information content (AvgIpc) is 2.18. The molecular formula is C10H21N. The van der Waals surface area contributed by atoms with Crippen LogP contribution in [0.1, 0.15) is 46.0 Å². The van der Waals surface area contributed by atoms with E-state index in [1.54, 1.807) is 0 Å². The molecule has 1 heterocycles. The van der Waals surface area contributed by atoms with Gasteiger partial charge in [0, 0.05) is 6.04 Å². The molecule has 1 atom stereocenters. The summed E-state index contributed by atoms with van der Waals surface area (Å²) in [5.41, 5.74) is 0. The topological polar surface area (TPSA) is 3.24 Å². The van der Waals surface area contributed by atoms with Gasteiger partial charge in [-0.3, -0.25) is 0 Å². The fourth-order valence-electron chi connectivity index (χ4n) is 1.95. The van der Waals surface area contributed by atoms with E-state index in [1.807, 2.05) is 0 Å². The van der Waals surface area contributed by atoms with Crippen molar-refractivity contribution < 1.29 is 0 Å². The maximum atomic E-state index is 2.65. The lowest BCUT2D eigenvalue weighted by Crippen LogP contribution is -2.33. The number of hydrogen-bond acceptors (Lipinski definition) is 1. The molecule has 1 heteroatoms. The first kappa shape index (κ1) is 9.05. The summed E-state index contributed by atoms with van der Waals surface area (Å²) >= 11 is 0. The summed E-state index contributed by atoms with van der Waals surface area (Å²) in [7, 11) is 0. The number of likely N-dealkylation sites (tertiary alicyclic amines) is 1. The summed E-state index contributed by atoms with van der Waals surface area (Å²) in [5.74, 6) is 0. The highest BCUT2D eigenvalue weighted by Gasteiger charge is 2.14. The van der Waals surface area contributed by atoms with Crippen LogP contribution in [0.25, 0.3) is 0 Å². The molecule has 0 aliphatic carbocycles. The predicted molar refractivity (Wildman–Crippen MR) is 49.8 cm³/mol. The van der Waals surface area contributed by atoms with E-state index >= 15 is 0 Å². The molecule has 1 rings (SSSR count). The van der Waals surface area contributed by atoms with E-state index in [0.717, 1.165) is 6.04 Å². The first-order valence-corrected chi connectivity index (χ1v) is 5.08. The van der Waals surface area contributed by atoms with E-state index < -0.39 is 0 Å². The lowest BCUT2D eigenvalue weighted by atomic mass is 10.1. The molecular weight excluding hydrogens is 134 g/mol. The number of rotatable bonds is 2. The van der Waals surface area contributed by atoms with Crippen molar-refractivity contribution in [3.8, 4) is 0 Å². The average molecular weight is 155 g/mol. The Labute approximate surface area is 70.8 Å². The van der Waals surface area contributed by atoms with E-state index in [9.17, 15) is 0 Å². The highest BCUT2D eigenvalue weighted by atomic mass is 15.1. The zero-order valence-corrected chi connectivity index (χ0v) is 7.97. The molecule has 0 bridgehead atoms. The van der Waals surface area contributed by atoms with Crippen molar-refractivity contribution in [2.24, 2.45) is 0 Å². The van der Waals surface area contributed by atoms with Crippen molar-refractivity contribution in [1.82, 2.24) is 4.90 Å². The molecule has 1 nitrogen and oxygen atoms in total. The lowest BCUT2D eigenvalue weighted by Gasteiger charge is -2.25. The molecule has 0 spiro atoms. The standard InChI is InChI=1S/C10H21N/c1-3-8-11-9-6-4-5-7-10(11)2/h10H,3-9H2,1-2H3/t10-/m1/s1. The second-order valence-corrected chi connectivity index (χ2v) is 3.73. The van der Waals surface area contributed by atoms with Gasteiger partial charge in [-0.25, -0.2) is 0 Å². The van der Waals surface area contributed by atoms with Gasteiger partial charge in [-0.05, 0) is 39.3 Å². The summed E-state index contributed by atoms with van der Waals surface area (Å²) in [5, 5.41) is 0. The molecule has 0 radical (unpaired) electrons. The molecule has 1 saturated heterocycles. The second kappa shape index (κ2) is 4.76. The van der Waals surface area contributed by atoms with Crippen LogP contribution in [0.5, 0.6) is 0 Å². The molecule has 0 aromatic heterocycles. The Hall–Kier alpha value is -0.0400. The van der Waals surface area contributed by atoms with E-state index in [0.29, 0.717) is 0 Å². The summed E-state index contributed by atoms with van der Waals surface area (Å²) in [6.07, 6.45) is 7.04. The summed E-state index contributed by atoms with van der Waals surface area (Å²) in [6.45, 7) is 7.30. The Kier molecular flexibility index (Phi) is 3.92. The van der Waals surface area contributed by atoms with Crippen LogP contribution in [-0.2, 0) is 0 Å². The fraction of sp³-hybridized carbons (Fsp3) is 1.00. The van der Waals surface area contributed by atoms with Gasteiger partial charge in [0.2, 0.25) is 0 Å². The van der Waals surface area contributed by atoms with Gasteiger partial charge in [0.05, 0.1) is 0 Å². The van der Waals surface area contributed by atoms with Crippen LogP contribution in [-0.4, -0.2) is 24.0 Å². The van der Waals surface area contributed by atoms with Crippen LogP contribution in [0.15, 0.2) is 0 Å². The maximum Gasteiger partial charge on any atom is 0.00669 e. The highest BCUT2D eigenvalue weighted by molar-refractivity contribution is 4.70. The van der Waals surface area contributed by atoms with Gasteiger partial charge in [-0.1, -0.05) is 19.8 Å². The van der Waals surface area contributed by atoms with Gasteiger partial charge in [0.15, 0.2) is 0 Å². The zero-order chi connectivity index (χ0) is 8.10. The summed E-state index contributed by atoms with van der Waals surface area (Å²) < 4.78 is 0. The molecule has 66 valence electrons. The van der Waals surface area contributed by atoms with Crippen LogP contribution in [0.4, 0.5) is 0 Å². The van der Waals surface area contributed by atoms with Gasteiger partial charge >= 0.3 is 0 Å². The van der Waals surface area contributed by atoms with Crippen LogP contribution in [0.2, 0.25) is 0 Å². The fourth-order valence-corrected chi connectivity index (χ4v) is 1.95. The van der Waals surface area contributed by atoms with Crippen LogP contribution < -0.4 is 0 Å². The second-order valence-electron chi connectivity index (χ2n) is 3.73. The Morgan fingerprint density at radius 3 is 2.82 bits per heavy atom. The quantitative estimate of drug-likeness (QED) is 0.592. The molecule has 0 amide bonds. The number of nitrogens with zero attached hydrogens (tertiary/aromatic N) is 1. The lowest BCUT2D eigenvalue weighted by molar-refractivity contribution is 0.214. The smallest absolute Gasteiger partial charge is 0.00669 e. The van der Waals surface area contributed by atoms with Gasteiger partial charge in [-0.2, -0.15) is 0 Å². The van der Waals surface area contributed by atoms with E-state index in [4.69, 9.17) is 0 Å². The van der Waals surface area contributed by atoms with E-state index in [-0.39, 0.29) is 0 Å². The van der Waals surface area contributed by atoms with Crippen molar-refractivity contribution in [3.05, 3.63) is 0 Å². The Bertz CT molecular complexity index is 101. The van der Waals surface area contributed by atoms with Gasteiger partial charge < -0.3 is 4.90 Å². The Morgan fingerprint density at radius 2 is 2.09 bits per heavy atom. The largest absolute Gasteiger partial charge is 0.301 e. The molecule has 0 unspecified atom stereocenters. The minimum Gasteiger partial charge on any atom is -0.301 e. The molecule has 0 aromatic carbocycles. The molecule has 0 aromatic rings. The van der Waals surface area contributed by atoms with Crippen molar-refractivity contribution in [1.29, 1.82) is 0 Å². The van der Waals surface area contributed by atoms with E-state index in [2.05, 4.69) is 18.7 Å². The molecule has 0 N–H and O–H groups in total. The third-order valence-electron chi connectivity index (χ3n) is 2.70. The summed E-state index contributed by atoms with van der Waals surface area (Å²) in [4.78, 5) is 2.65. The molecule has 0 saturated carbocycles.